The third kappa shape index (κ3) is 3.86. The van der Waals surface area contributed by atoms with Gasteiger partial charge in [0.15, 0.2) is 11.5 Å². The molecule has 0 radical (unpaired) electrons. The van der Waals surface area contributed by atoms with Crippen LogP contribution < -0.4 is 14.6 Å². The van der Waals surface area contributed by atoms with Gasteiger partial charge < -0.3 is 9.47 Å². The molecule has 0 spiro atoms. The molecule has 0 saturated heterocycles. The number of fused-ring (bicyclic) bond motifs is 1. The van der Waals surface area contributed by atoms with Crippen LogP contribution in [0.15, 0.2) is 18.2 Å². The van der Waals surface area contributed by atoms with Crippen LogP contribution in [0.4, 0.5) is 0 Å². The summed E-state index contributed by atoms with van der Waals surface area (Å²) in [7, 11) is -3.47. The second-order valence-corrected chi connectivity index (χ2v) is 7.69. The summed E-state index contributed by atoms with van der Waals surface area (Å²) in [6, 6.07) is 5.78. The van der Waals surface area contributed by atoms with Gasteiger partial charge in [-0.05, 0) is 19.9 Å². The van der Waals surface area contributed by atoms with E-state index >= 15 is 0 Å². The molecule has 2 N–H and O–H groups in total. The predicted octanol–water partition coefficient (Wildman–Crippen LogP) is 1.70. The summed E-state index contributed by atoms with van der Waals surface area (Å²) in [6.07, 6.45) is 0.840. The number of sulfonamides is 1. The highest BCUT2D eigenvalue weighted by atomic mass is 32.2. The van der Waals surface area contributed by atoms with E-state index in [2.05, 4.69) is 0 Å². The quantitative estimate of drug-likeness (QED) is 0.897. The lowest BCUT2D eigenvalue weighted by Gasteiger charge is -2.19. The standard InChI is InChI=1S/C14H21NO4S/c1-10(9-20(15,16)17)8-18-12-6-4-5-11-7-14(2,3)19-13(11)12/h4-6,10H,7-9H2,1-3H3,(H2,15,16,17). The van der Waals surface area contributed by atoms with Gasteiger partial charge in [0.05, 0.1) is 12.4 Å². The minimum absolute atomic E-state index is 0.0889. The van der Waals surface area contributed by atoms with E-state index in [1.54, 1.807) is 6.92 Å². The zero-order valence-electron chi connectivity index (χ0n) is 12.0. The molecule has 0 saturated carbocycles. The van der Waals surface area contributed by atoms with E-state index in [-0.39, 0.29) is 23.9 Å². The second kappa shape index (κ2) is 5.26. The largest absolute Gasteiger partial charge is 0.489 e. The second-order valence-electron chi connectivity index (χ2n) is 6.03. The number of primary sulfonamides is 1. The molecule has 1 heterocycles. The zero-order chi connectivity index (χ0) is 15.0. The van der Waals surface area contributed by atoms with Gasteiger partial charge in [0.2, 0.25) is 10.0 Å². The van der Waals surface area contributed by atoms with Crippen molar-refractivity contribution in [2.45, 2.75) is 32.8 Å². The highest BCUT2D eigenvalue weighted by molar-refractivity contribution is 7.89. The molecule has 1 atom stereocenters. The van der Waals surface area contributed by atoms with Crippen molar-refractivity contribution in [3.63, 3.8) is 0 Å². The molecule has 112 valence electrons. The zero-order valence-corrected chi connectivity index (χ0v) is 12.9. The maximum atomic E-state index is 11.0. The number of para-hydroxylation sites is 1. The first kappa shape index (κ1) is 15.1. The Labute approximate surface area is 120 Å². The molecule has 1 unspecified atom stereocenters. The Hall–Kier alpha value is -1.27. The first-order valence-corrected chi connectivity index (χ1v) is 8.32. The Morgan fingerprint density at radius 3 is 2.80 bits per heavy atom. The van der Waals surface area contributed by atoms with Crippen LogP contribution in [0.2, 0.25) is 0 Å². The van der Waals surface area contributed by atoms with Crippen LogP contribution >= 0.6 is 0 Å². The van der Waals surface area contributed by atoms with Crippen molar-refractivity contribution >= 4 is 10.0 Å². The number of hydrogen-bond donors (Lipinski definition) is 1. The van der Waals surface area contributed by atoms with Gasteiger partial charge in [0.1, 0.15) is 5.60 Å². The molecular weight excluding hydrogens is 278 g/mol. The van der Waals surface area contributed by atoms with Gasteiger partial charge >= 0.3 is 0 Å². The SMILES string of the molecule is CC(COc1cccc2c1OC(C)(C)C2)CS(N)(=O)=O. The van der Waals surface area contributed by atoms with E-state index in [9.17, 15) is 8.42 Å². The number of benzene rings is 1. The maximum Gasteiger partial charge on any atom is 0.209 e. The van der Waals surface area contributed by atoms with Crippen LogP contribution in [-0.4, -0.2) is 26.4 Å². The molecule has 1 aliphatic rings. The minimum atomic E-state index is -3.47. The summed E-state index contributed by atoms with van der Waals surface area (Å²) >= 11 is 0. The van der Waals surface area contributed by atoms with Crippen LogP contribution in [0.5, 0.6) is 11.5 Å². The minimum Gasteiger partial charge on any atom is -0.489 e. The first-order valence-electron chi connectivity index (χ1n) is 6.60. The van der Waals surface area contributed by atoms with Crippen LogP contribution in [0.25, 0.3) is 0 Å². The van der Waals surface area contributed by atoms with Crippen molar-refractivity contribution in [2.75, 3.05) is 12.4 Å². The lowest BCUT2D eigenvalue weighted by Crippen LogP contribution is -2.25. The van der Waals surface area contributed by atoms with Gasteiger partial charge in [-0.25, -0.2) is 13.6 Å². The van der Waals surface area contributed by atoms with E-state index in [1.165, 1.54) is 0 Å². The Morgan fingerprint density at radius 1 is 1.45 bits per heavy atom. The monoisotopic (exact) mass is 299 g/mol. The van der Waals surface area contributed by atoms with Gasteiger partial charge in [-0.15, -0.1) is 0 Å². The Kier molecular flexibility index (Phi) is 3.97. The normalized spacial score (nSPS) is 18.2. The summed E-state index contributed by atoms with van der Waals surface area (Å²) in [5, 5.41) is 5.02. The van der Waals surface area contributed by atoms with Gasteiger partial charge in [0.25, 0.3) is 0 Å². The summed E-state index contributed by atoms with van der Waals surface area (Å²) in [5.74, 6) is 1.17. The van der Waals surface area contributed by atoms with Crippen LogP contribution in [0, 0.1) is 5.92 Å². The van der Waals surface area contributed by atoms with Crippen LogP contribution in [-0.2, 0) is 16.4 Å². The fourth-order valence-corrected chi connectivity index (χ4v) is 3.27. The fourth-order valence-electron chi connectivity index (χ4n) is 2.38. The highest BCUT2D eigenvalue weighted by Crippen LogP contribution is 2.41. The van der Waals surface area contributed by atoms with E-state index in [4.69, 9.17) is 14.6 Å². The molecule has 1 aromatic rings. The Bertz CT molecular complexity index is 595. The summed E-state index contributed by atoms with van der Waals surface area (Å²) in [6.45, 7) is 6.13. The number of rotatable bonds is 5. The third-order valence-corrected chi connectivity index (χ3v) is 4.13. The summed E-state index contributed by atoms with van der Waals surface area (Å²) in [5.41, 5.74) is 0.889. The Balaban J connectivity index is 2.04. The van der Waals surface area contributed by atoms with Crippen LogP contribution in [0.1, 0.15) is 26.3 Å². The molecule has 2 rings (SSSR count). The Morgan fingerprint density at radius 2 is 2.15 bits per heavy atom. The molecule has 5 nitrogen and oxygen atoms in total. The van der Waals surface area contributed by atoms with E-state index in [1.807, 2.05) is 32.0 Å². The predicted molar refractivity (Wildman–Crippen MR) is 77.5 cm³/mol. The van der Waals surface area contributed by atoms with Gasteiger partial charge in [0, 0.05) is 17.9 Å². The van der Waals surface area contributed by atoms with Crippen molar-refractivity contribution in [1.29, 1.82) is 0 Å². The summed E-state index contributed by atoms with van der Waals surface area (Å²) < 4.78 is 33.6. The molecule has 1 aromatic carbocycles. The highest BCUT2D eigenvalue weighted by Gasteiger charge is 2.32. The van der Waals surface area contributed by atoms with Crippen molar-refractivity contribution in [2.24, 2.45) is 11.1 Å². The lowest BCUT2D eigenvalue weighted by molar-refractivity contribution is 0.131. The molecule has 20 heavy (non-hydrogen) atoms. The summed E-state index contributed by atoms with van der Waals surface area (Å²) in [4.78, 5) is 0. The lowest BCUT2D eigenvalue weighted by atomic mass is 10.0. The average molecular weight is 299 g/mol. The van der Waals surface area contributed by atoms with Gasteiger partial charge in [-0.2, -0.15) is 0 Å². The first-order chi connectivity index (χ1) is 9.16. The van der Waals surface area contributed by atoms with Crippen molar-refractivity contribution in [1.82, 2.24) is 0 Å². The van der Waals surface area contributed by atoms with Crippen LogP contribution in [0.3, 0.4) is 0 Å². The molecule has 0 aromatic heterocycles. The molecule has 0 bridgehead atoms. The number of hydrogen-bond acceptors (Lipinski definition) is 4. The fraction of sp³-hybridized carbons (Fsp3) is 0.571. The van der Waals surface area contributed by atoms with Crippen molar-refractivity contribution in [3.05, 3.63) is 23.8 Å². The smallest absolute Gasteiger partial charge is 0.209 e. The molecule has 1 aliphatic heterocycles. The molecule has 0 amide bonds. The van der Waals surface area contributed by atoms with E-state index in [0.717, 1.165) is 17.7 Å². The van der Waals surface area contributed by atoms with Crippen molar-refractivity contribution < 1.29 is 17.9 Å². The molecule has 0 aliphatic carbocycles. The van der Waals surface area contributed by atoms with Gasteiger partial charge in [-0.1, -0.05) is 19.1 Å². The van der Waals surface area contributed by atoms with E-state index in [0.29, 0.717) is 5.75 Å². The maximum absolute atomic E-state index is 11.0. The van der Waals surface area contributed by atoms with Crippen molar-refractivity contribution in [3.8, 4) is 11.5 Å². The molecular formula is C14H21NO4S. The topological polar surface area (TPSA) is 78.6 Å². The number of nitrogens with two attached hydrogens (primary N) is 1. The van der Waals surface area contributed by atoms with Gasteiger partial charge in [-0.3, -0.25) is 0 Å². The molecule has 0 fully saturated rings. The van der Waals surface area contributed by atoms with E-state index < -0.39 is 10.0 Å². The molecule has 6 heteroatoms. The number of ether oxygens (including phenoxy) is 2. The third-order valence-electron chi connectivity index (χ3n) is 3.10. The average Bonchev–Trinajstić information content (AvgIpc) is 2.58.